The summed E-state index contributed by atoms with van der Waals surface area (Å²) in [5, 5.41) is 2.94. The van der Waals surface area contributed by atoms with Crippen LogP contribution in [0.15, 0.2) is 29.6 Å². The van der Waals surface area contributed by atoms with Crippen LogP contribution < -0.4 is 10.5 Å². The number of thiazole rings is 1. The molecule has 0 amide bonds. The zero-order valence-corrected chi connectivity index (χ0v) is 11.5. The average molecular weight is 262 g/mol. The van der Waals surface area contributed by atoms with Crippen molar-refractivity contribution in [3.05, 3.63) is 45.9 Å². The fourth-order valence-electron chi connectivity index (χ4n) is 1.62. The first-order valence-electron chi connectivity index (χ1n) is 6.05. The van der Waals surface area contributed by atoms with Gasteiger partial charge in [0.05, 0.1) is 5.69 Å². The van der Waals surface area contributed by atoms with Crippen molar-refractivity contribution in [2.24, 2.45) is 5.73 Å². The van der Waals surface area contributed by atoms with Crippen LogP contribution in [-0.2, 0) is 13.2 Å². The molecule has 96 valence electrons. The van der Waals surface area contributed by atoms with Gasteiger partial charge in [-0.1, -0.05) is 26.0 Å². The minimum absolute atomic E-state index is 0.485. The van der Waals surface area contributed by atoms with Gasteiger partial charge in [-0.2, -0.15) is 0 Å². The predicted molar refractivity (Wildman–Crippen MR) is 74.9 cm³/mol. The van der Waals surface area contributed by atoms with E-state index in [0.29, 0.717) is 19.1 Å². The Morgan fingerprint density at radius 1 is 1.39 bits per heavy atom. The van der Waals surface area contributed by atoms with Crippen molar-refractivity contribution in [1.82, 2.24) is 4.98 Å². The summed E-state index contributed by atoms with van der Waals surface area (Å²) in [6.45, 7) is 5.34. The van der Waals surface area contributed by atoms with Gasteiger partial charge in [-0.25, -0.2) is 4.98 Å². The van der Waals surface area contributed by atoms with Gasteiger partial charge in [0.25, 0.3) is 0 Å². The Morgan fingerprint density at radius 3 is 2.89 bits per heavy atom. The van der Waals surface area contributed by atoms with Crippen molar-refractivity contribution in [2.75, 3.05) is 0 Å². The molecule has 1 aromatic heterocycles. The maximum absolute atomic E-state index is 5.75. The van der Waals surface area contributed by atoms with E-state index in [1.807, 2.05) is 17.5 Å². The second-order valence-electron chi connectivity index (χ2n) is 4.45. The number of aromatic nitrogens is 1. The van der Waals surface area contributed by atoms with Gasteiger partial charge in [-0.15, -0.1) is 11.3 Å². The fourth-order valence-corrected chi connectivity index (χ4v) is 2.34. The lowest BCUT2D eigenvalue weighted by Gasteiger charge is -2.08. The number of hydrogen-bond donors (Lipinski definition) is 1. The van der Waals surface area contributed by atoms with E-state index in [0.717, 1.165) is 16.5 Å². The summed E-state index contributed by atoms with van der Waals surface area (Å²) in [6, 6.07) is 8.21. The van der Waals surface area contributed by atoms with E-state index in [1.165, 1.54) is 5.56 Å². The molecule has 0 radical (unpaired) electrons. The molecule has 4 heteroatoms. The molecule has 0 aliphatic heterocycles. The number of nitrogens with two attached hydrogens (primary N) is 1. The van der Waals surface area contributed by atoms with Crippen molar-refractivity contribution in [1.29, 1.82) is 0 Å². The number of ether oxygens (including phenoxy) is 1. The normalized spacial score (nSPS) is 10.9. The predicted octanol–water partition coefficient (Wildman–Crippen LogP) is 3.30. The lowest BCUT2D eigenvalue weighted by molar-refractivity contribution is 0.305. The molecule has 0 unspecified atom stereocenters. The van der Waals surface area contributed by atoms with Crippen LogP contribution in [0.25, 0.3) is 0 Å². The van der Waals surface area contributed by atoms with E-state index in [9.17, 15) is 0 Å². The highest BCUT2D eigenvalue weighted by atomic mass is 32.1. The van der Waals surface area contributed by atoms with E-state index in [1.54, 1.807) is 11.3 Å². The molecule has 0 atom stereocenters. The molecule has 0 bridgehead atoms. The molecule has 0 fully saturated rings. The average Bonchev–Trinajstić information content (AvgIpc) is 2.84. The highest BCUT2D eigenvalue weighted by Crippen LogP contribution is 2.21. The van der Waals surface area contributed by atoms with Gasteiger partial charge in [0.2, 0.25) is 0 Å². The summed E-state index contributed by atoms with van der Waals surface area (Å²) in [5.41, 5.74) is 7.74. The molecule has 0 aliphatic rings. The van der Waals surface area contributed by atoms with Gasteiger partial charge >= 0.3 is 0 Å². The van der Waals surface area contributed by atoms with Crippen LogP contribution in [0.5, 0.6) is 5.75 Å². The molecule has 2 N–H and O–H groups in total. The second-order valence-corrected chi connectivity index (χ2v) is 5.40. The van der Waals surface area contributed by atoms with Crippen molar-refractivity contribution < 1.29 is 4.74 Å². The summed E-state index contributed by atoms with van der Waals surface area (Å²) in [7, 11) is 0. The molecule has 2 rings (SSSR count). The quantitative estimate of drug-likeness (QED) is 0.899. The third kappa shape index (κ3) is 3.31. The first-order chi connectivity index (χ1) is 8.69. The van der Waals surface area contributed by atoms with Gasteiger partial charge in [0.15, 0.2) is 0 Å². The van der Waals surface area contributed by atoms with Crippen LogP contribution in [0.4, 0.5) is 0 Å². The first kappa shape index (κ1) is 13.1. The number of hydrogen-bond acceptors (Lipinski definition) is 4. The van der Waals surface area contributed by atoms with Gasteiger partial charge in [-0.3, -0.25) is 0 Å². The van der Waals surface area contributed by atoms with E-state index >= 15 is 0 Å². The SMILES string of the molecule is CC(C)c1cccc(OCc2nc(CN)cs2)c1. The van der Waals surface area contributed by atoms with Crippen molar-refractivity contribution in [3.63, 3.8) is 0 Å². The van der Waals surface area contributed by atoms with Gasteiger partial charge in [0, 0.05) is 11.9 Å². The molecule has 3 nitrogen and oxygen atoms in total. The van der Waals surface area contributed by atoms with Crippen LogP contribution in [-0.4, -0.2) is 4.98 Å². The minimum Gasteiger partial charge on any atom is -0.486 e. The Labute approximate surface area is 112 Å². The number of nitrogens with zero attached hydrogens (tertiary/aromatic N) is 1. The van der Waals surface area contributed by atoms with Crippen LogP contribution in [0.2, 0.25) is 0 Å². The summed E-state index contributed by atoms with van der Waals surface area (Å²) < 4.78 is 5.75. The van der Waals surface area contributed by atoms with Crippen molar-refractivity contribution in [3.8, 4) is 5.75 Å². The van der Waals surface area contributed by atoms with E-state index in [2.05, 4.69) is 31.0 Å². The van der Waals surface area contributed by atoms with Crippen LogP contribution in [0.3, 0.4) is 0 Å². The molecule has 1 heterocycles. The lowest BCUT2D eigenvalue weighted by Crippen LogP contribution is -1.99. The van der Waals surface area contributed by atoms with Crippen LogP contribution in [0, 0.1) is 0 Å². The Balaban J connectivity index is 1.99. The second kappa shape index (κ2) is 5.98. The fraction of sp³-hybridized carbons (Fsp3) is 0.357. The third-order valence-corrected chi connectivity index (χ3v) is 3.57. The summed E-state index contributed by atoms with van der Waals surface area (Å²) in [6.07, 6.45) is 0. The van der Waals surface area contributed by atoms with Crippen LogP contribution >= 0.6 is 11.3 Å². The molecule has 0 aliphatic carbocycles. The van der Waals surface area contributed by atoms with Gasteiger partial charge in [-0.05, 0) is 23.6 Å². The number of rotatable bonds is 5. The first-order valence-corrected chi connectivity index (χ1v) is 6.93. The van der Waals surface area contributed by atoms with E-state index in [4.69, 9.17) is 10.5 Å². The largest absolute Gasteiger partial charge is 0.486 e. The third-order valence-electron chi connectivity index (χ3n) is 2.70. The Kier molecular flexibility index (Phi) is 4.33. The molecule has 2 aromatic rings. The standard InChI is InChI=1S/C14H18N2OS/c1-10(2)11-4-3-5-13(6-11)17-8-14-16-12(7-15)9-18-14/h3-6,9-10H,7-8,15H2,1-2H3. The van der Waals surface area contributed by atoms with Gasteiger partial charge < -0.3 is 10.5 Å². The summed E-state index contributed by atoms with van der Waals surface area (Å²) >= 11 is 1.59. The maximum Gasteiger partial charge on any atom is 0.140 e. The smallest absolute Gasteiger partial charge is 0.140 e. The number of benzene rings is 1. The topological polar surface area (TPSA) is 48.1 Å². The molecular weight excluding hydrogens is 244 g/mol. The zero-order valence-electron chi connectivity index (χ0n) is 10.7. The highest BCUT2D eigenvalue weighted by Gasteiger charge is 2.04. The molecule has 18 heavy (non-hydrogen) atoms. The van der Waals surface area contributed by atoms with Crippen molar-refractivity contribution >= 4 is 11.3 Å². The van der Waals surface area contributed by atoms with E-state index < -0.39 is 0 Å². The maximum atomic E-state index is 5.75. The van der Waals surface area contributed by atoms with Gasteiger partial charge in [0.1, 0.15) is 17.4 Å². The minimum atomic E-state index is 0.485. The monoisotopic (exact) mass is 262 g/mol. The highest BCUT2D eigenvalue weighted by molar-refractivity contribution is 7.09. The Morgan fingerprint density at radius 2 is 2.22 bits per heavy atom. The molecule has 0 saturated heterocycles. The summed E-state index contributed by atoms with van der Waals surface area (Å²) in [5.74, 6) is 1.41. The molecule has 1 aromatic carbocycles. The zero-order chi connectivity index (χ0) is 13.0. The molecule has 0 saturated carbocycles. The lowest BCUT2D eigenvalue weighted by atomic mass is 10.0. The summed E-state index contributed by atoms with van der Waals surface area (Å²) in [4.78, 5) is 4.37. The van der Waals surface area contributed by atoms with Crippen LogP contribution in [0.1, 0.15) is 36.0 Å². The molecule has 0 spiro atoms. The Hall–Kier alpha value is -1.39. The Bertz CT molecular complexity index is 508. The molecular formula is C14H18N2OS. The van der Waals surface area contributed by atoms with Crippen molar-refractivity contribution in [2.45, 2.75) is 32.9 Å². The van der Waals surface area contributed by atoms with E-state index in [-0.39, 0.29) is 0 Å².